The molecule has 1 N–H and O–H groups in total. The molecule has 1 atom stereocenters. The number of nitrogens with one attached hydrogen (secondary N) is 1. The van der Waals surface area contributed by atoms with Crippen molar-refractivity contribution in [3.05, 3.63) is 63.7 Å². The summed E-state index contributed by atoms with van der Waals surface area (Å²) in [6.45, 7) is 5.39. The van der Waals surface area contributed by atoms with Gasteiger partial charge in [0.15, 0.2) is 0 Å². The van der Waals surface area contributed by atoms with Crippen LogP contribution in [0.15, 0.2) is 47.4 Å². The van der Waals surface area contributed by atoms with E-state index in [1.54, 1.807) is 13.0 Å². The number of hydrogen-bond acceptors (Lipinski definition) is 5. The van der Waals surface area contributed by atoms with Crippen LogP contribution in [0.2, 0.25) is 0 Å². The van der Waals surface area contributed by atoms with Gasteiger partial charge in [0.05, 0.1) is 15.9 Å². The number of aryl methyl sites for hydroxylation is 1. The van der Waals surface area contributed by atoms with Crippen molar-refractivity contribution in [2.75, 3.05) is 0 Å². The molecular formula is C18H20N2O5S. The summed E-state index contributed by atoms with van der Waals surface area (Å²) in [6, 6.07) is 10.6. The number of rotatable bonds is 4. The van der Waals surface area contributed by atoms with Gasteiger partial charge in [-0.25, -0.2) is 13.1 Å². The van der Waals surface area contributed by atoms with Crippen LogP contribution in [0, 0.1) is 17.0 Å². The number of sulfonamides is 1. The summed E-state index contributed by atoms with van der Waals surface area (Å²) in [5.74, 6) is 0.632. The zero-order valence-corrected chi connectivity index (χ0v) is 15.5. The Morgan fingerprint density at radius 2 is 1.92 bits per heavy atom. The third-order valence-electron chi connectivity index (χ3n) is 4.35. The lowest BCUT2D eigenvalue weighted by Crippen LogP contribution is -2.41. The molecule has 0 aromatic heterocycles. The van der Waals surface area contributed by atoms with Crippen LogP contribution in [0.3, 0.4) is 0 Å². The molecule has 0 amide bonds. The van der Waals surface area contributed by atoms with Crippen LogP contribution >= 0.6 is 0 Å². The molecule has 0 unspecified atom stereocenters. The number of fused-ring (bicyclic) bond motifs is 1. The zero-order chi connectivity index (χ0) is 19.1. The Kier molecular flexibility index (Phi) is 4.49. The van der Waals surface area contributed by atoms with E-state index in [9.17, 15) is 18.5 Å². The van der Waals surface area contributed by atoms with Gasteiger partial charge < -0.3 is 4.74 Å². The third-order valence-corrected chi connectivity index (χ3v) is 5.96. The van der Waals surface area contributed by atoms with Crippen molar-refractivity contribution in [2.24, 2.45) is 0 Å². The van der Waals surface area contributed by atoms with Gasteiger partial charge in [-0.2, -0.15) is 0 Å². The van der Waals surface area contributed by atoms with Crippen molar-refractivity contribution < 1.29 is 18.1 Å². The third kappa shape index (κ3) is 3.56. The lowest BCUT2D eigenvalue weighted by atomic mass is 9.90. The largest absolute Gasteiger partial charge is 0.487 e. The zero-order valence-electron chi connectivity index (χ0n) is 14.7. The van der Waals surface area contributed by atoms with Crippen molar-refractivity contribution in [1.82, 2.24) is 4.72 Å². The molecule has 138 valence electrons. The molecule has 3 rings (SSSR count). The maximum Gasteiger partial charge on any atom is 0.270 e. The van der Waals surface area contributed by atoms with E-state index in [2.05, 4.69) is 4.72 Å². The molecule has 7 nitrogen and oxygen atoms in total. The van der Waals surface area contributed by atoms with Crippen molar-refractivity contribution in [2.45, 2.75) is 43.7 Å². The molecule has 0 aliphatic carbocycles. The Balaban J connectivity index is 2.00. The minimum absolute atomic E-state index is 0.0894. The second-order valence-corrected chi connectivity index (χ2v) is 8.67. The Morgan fingerprint density at radius 1 is 1.23 bits per heavy atom. The average Bonchev–Trinajstić information content (AvgIpc) is 2.53. The number of ether oxygens (including phenoxy) is 1. The molecule has 0 bridgehead atoms. The molecule has 2 aromatic carbocycles. The van der Waals surface area contributed by atoms with Gasteiger partial charge in [-0.15, -0.1) is 0 Å². The van der Waals surface area contributed by atoms with E-state index in [0.717, 1.165) is 11.6 Å². The summed E-state index contributed by atoms with van der Waals surface area (Å²) >= 11 is 0. The van der Waals surface area contributed by atoms with E-state index in [4.69, 9.17) is 4.74 Å². The summed E-state index contributed by atoms with van der Waals surface area (Å²) < 4.78 is 34.5. The molecule has 0 spiro atoms. The minimum atomic E-state index is -3.95. The summed E-state index contributed by atoms with van der Waals surface area (Å²) in [7, 11) is -3.95. The van der Waals surface area contributed by atoms with Crippen molar-refractivity contribution in [1.29, 1.82) is 0 Å². The maximum atomic E-state index is 12.9. The van der Waals surface area contributed by atoms with Gasteiger partial charge in [-0.1, -0.05) is 24.3 Å². The average molecular weight is 376 g/mol. The van der Waals surface area contributed by atoms with Crippen molar-refractivity contribution in [3.8, 4) is 5.75 Å². The van der Waals surface area contributed by atoms with E-state index in [1.165, 1.54) is 12.1 Å². The molecule has 1 aliphatic rings. The fraction of sp³-hybridized carbons (Fsp3) is 0.333. The van der Waals surface area contributed by atoms with Crippen LogP contribution in [-0.2, 0) is 10.0 Å². The van der Waals surface area contributed by atoms with Gasteiger partial charge in [-0.05, 0) is 32.4 Å². The quantitative estimate of drug-likeness (QED) is 0.650. The molecule has 1 aliphatic heterocycles. The highest BCUT2D eigenvalue weighted by Gasteiger charge is 2.36. The van der Waals surface area contributed by atoms with Crippen LogP contribution in [0.4, 0.5) is 5.69 Å². The number of para-hydroxylation sites is 1. The summed E-state index contributed by atoms with van der Waals surface area (Å²) in [4.78, 5) is 10.3. The summed E-state index contributed by atoms with van der Waals surface area (Å²) in [5, 5.41) is 11.0. The smallest absolute Gasteiger partial charge is 0.270 e. The lowest BCUT2D eigenvalue weighted by molar-refractivity contribution is -0.385. The minimum Gasteiger partial charge on any atom is -0.487 e. The van der Waals surface area contributed by atoms with Crippen LogP contribution in [-0.4, -0.2) is 18.9 Å². The number of non-ortho nitro benzene ring substituents is 1. The van der Waals surface area contributed by atoms with E-state index in [1.807, 2.05) is 32.0 Å². The van der Waals surface area contributed by atoms with Crippen LogP contribution in [0.25, 0.3) is 0 Å². The van der Waals surface area contributed by atoms with Crippen molar-refractivity contribution >= 4 is 15.7 Å². The molecule has 0 radical (unpaired) electrons. The van der Waals surface area contributed by atoms with E-state index >= 15 is 0 Å². The molecule has 2 aromatic rings. The van der Waals surface area contributed by atoms with Gasteiger partial charge in [-0.3, -0.25) is 10.1 Å². The first kappa shape index (κ1) is 18.3. The molecule has 0 saturated carbocycles. The Labute approximate surface area is 152 Å². The number of nitro groups is 1. The highest BCUT2D eigenvalue weighted by molar-refractivity contribution is 7.89. The van der Waals surface area contributed by atoms with Gasteiger partial charge in [0.1, 0.15) is 11.4 Å². The van der Waals surface area contributed by atoms with Gasteiger partial charge in [0.2, 0.25) is 10.0 Å². The number of hydrogen-bond donors (Lipinski definition) is 1. The molecule has 26 heavy (non-hydrogen) atoms. The predicted molar refractivity (Wildman–Crippen MR) is 96.7 cm³/mol. The highest BCUT2D eigenvalue weighted by atomic mass is 32.2. The van der Waals surface area contributed by atoms with Gasteiger partial charge in [0, 0.05) is 24.1 Å². The van der Waals surface area contributed by atoms with Crippen LogP contribution < -0.4 is 9.46 Å². The first-order valence-electron chi connectivity index (χ1n) is 8.14. The van der Waals surface area contributed by atoms with Crippen LogP contribution in [0.5, 0.6) is 5.75 Å². The summed E-state index contributed by atoms with van der Waals surface area (Å²) in [6.07, 6.45) is 0.442. The second-order valence-electron chi connectivity index (χ2n) is 6.98. The van der Waals surface area contributed by atoms with Gasteiger partial charge >= 0.3 is 0 Å². The Bertz CT molecular complexity index is 969. The lowest BCUT2D eigenvalue weighted by Gasteiger charge is -2.37. The fourth-order valence-corrected chi connectivity index (χ4v) is 4.63. The molecule has 0 fully saturated rings. The van der Waals surface area contributed by atoms with Crippen molar-refractivity contribution in [3.63, 3.8) is 0 Å². The number of benzene rings is 2. The summed E-state index contributed by atoms with van der Waals surface area (Å²) in [5.41, 5.74) is 0.393. The normalized spacial score (nSPS) is 18.7. The van der Waals surface area contributed by atoms with Crippen LogP contribution in [0.1, 0.15) is 37.4 Å². The molecule has 1 heterocycles. The Hall–Kier alpha value is -2.45. The number of nitrogens with zero attached hydrogens (tertiary/aromatic N) is 1. The Morgan fingerprint density at radius 3 is 2.62 bits per heavy atom. The van der Waals surface area contributed by atoms with E-state index in [0.29, 0.717) is 17.7 Å². The first-order valence-corrected chi connectivity index (χ1v) is 9.63. The second kappa shape index (κ2) is 6.37. The SMILES string of the molecule is Cc1ccc([N+](=O)[O-])cc1S(=O)(=O)N[C@H]1CC(C)(C)Oc2ccccc21. The predicted octanol–water partition coefficient (Wildman–Crippen LogP) is 3.48. The van der Waals surface area contributed by atoms with E-state index < -0.39 is 26.6 Å². The van der Waals surface area contributed by atoms with Gasteiger partial charge in [0.25, 0.3) is 5.69 Å². The molecule has 8 heteroatoms. The highest BCUT2D eigenvalue weighted by Crippen LogP contribution is 2.40. The number of nitro benzene ring substituents is 1. The maximum absolute atomic E-state index is 12.9. The molecular weight excluding hydrogens is 356 g/mol. The van der Waals surface area contributed by atoms with E-state index in [-0.39, 0.29) is 10.6 Å². The molecule has 0 saturated heterocycles. The standard InChI is InChI=1S/C18H20N2O5S/c1-12-8-9-13(20(21)22)10-17(12)26(23,24)19-15-11-18(2,3)25-16-7-5-4-6-14(15)16/h4-10,15,19H,11H2,1-3H3/t15-/m0/s1. The topological polar surface area (TPSA) is 98.5 Å². The monoisotopic (exact) mass is 376 g/mol. The first-order chi connectivity index (χ1) is 12.1. The fourth-order valence-electron chi connectivity index (χ4n) is 3.15.